The molecule has 0 saturated carbocycles. The summed E-state index contributed by atoms with van der Waals surface area (Å²) >= 11 is 0. The molecule has 2 aromatic rings. The Labute approximate surface area is 81.6 Å². The van der Waals surface area contributed by atoms with Crippen molar-refractivity contribution in [2.24, 2.45) is 7.05 Å². The Bertz CT molecular complexity index is 440. The molecular formula is C9H11N5. The zero-order valence-corrected chi connectivity index (χ0v) is 8.10. The fourth-order valence-electron chi connectivity index (χ4n) is 1.17. The summed E-state index contributed by atoms with van der Waals surface area (Å²) in [4.78, 5) is 8.39. The molecule has 0 fully saturated rings. The van der Waals surface area contributed by atoms with E-state index in [0.29, 0.717) is 11.8 Å². The van der Waals surface area contributed by atoms with Gasteiger partial charge in [-0.3, -0.25) is 0 Å². The average molecular weight is 189 g/mol. The predicted octanol–water partition coefficient (Wildman–Crippen LogP) is 0.768. The average Bonchev–Trinajstić information content (AvgIpc) is 2.47. The van der Waals surface area contributed by atoms with E-state index in [1.807, 2.05) is 25.1 Å². The number of rotatable bonds is 1. The molecule has 0 aromatic carbocycles. The van der Waals surface area contributed by atoms with Crippen molar-refractivity contribution < 1.29 is 0 Å². The molecule has 2 N–H and O–H groups in total. The Balaban J connectivity index is 2.49. The van der Waals surface area contributed by atoms with Crippen molar-refractivity contribution in [1.82, 2.24) is 19.7 Å². The van der Waals surface area contributed by atoms with Crippen molar-refractivity contribution in [3.63, 3.8) is 0 Å². The maximum absolute atomic E-state index is 5.58. The first-order chi connectivity index (χ1) is 6.66. The summed E-state index contributed by atoms with van der Waals surface area (Å²) in [5, 5.41) is 4.14. The molecule has 14 heavy (non-hydrogen) atoms. The van der Waals surface area contributed by atoms with Crippen LogP contribution in [0.1, 0.15) is 5.69 Å². The second-order valence-corrected chi connectivity index (χ2v) is 3.08. The maximum Gasteiger partial charge on any atom is 0.218 e. The van der Waals surface area contributed by atoms with E-state index in [2.05, 4.69) is 15.1 Å². The largest absolute Gasteiger partial charge is 0.368 e. The minimum absolute atomic E-state index is 0.392. The number of nitrogens with two attached hydrogens (primary N) is 1. The van der Waals surface area contributed by atoms with E-state index < -0.39 is 0 Å². The highest BCUT2D eigenvalue weighted by Crippen LogP contribution is 2.13. The zero-order valence-electron chi connectivity index (χ0n) is 8.10. The van der Waals surface area contributed by atoms with Crippen molar-refractivity contribution in [3.8, 4) is 11.5 Å². The first-order valence-corrected chi connectivity index (χ1v) is 4.27. The fraction of sp³-hybridized carbons (Fsp3) is 0.222. The van der Waals surface area contributed by atoms with Gasteiger partial charge in [-0.25, -0.2) is 9.67 Å². The normalized spacial score (nSPS) is 10.4. The zero-order chi connectivity index (χ0) is 10.1. The molecule has 0 spiro atoms. The molecule has 0 bridgehead atoms. The van der Waals surface area contributed by atoms with Crippen molar-refractivity contribution in [2.75, 3.05) is 5.73 Å². The summed E-state index contributed by atoms with van der Waals surface area (Å²) in [6, 6.07) is 5.71. The monoisotopic (exact) mass is 189 g/mol. The van der Waals surface area contributed by atoms with E-state index in [0.717, 1.165) is 11.4 Å². The Morgan fingerprint density at radius 2 is 2.07 bits per heavy atom. The van der Waals surface area contributed by atoms with E-state index in [-0.39, 0.29) is 0 Å². The van der Waals surface area contributed by atoms with Crippen LogP contribution >= 0.6 is 0 Å². The van der Waals surface area contributed by atoms with Crippen molar-refractivity contribution in [1.29, 1.82) is 0 Å². The van der Waals surface area contributed by atoms with Gasteiger partial charge in [0.2, 0.25) is 11.8 Å². The van der Waals surface area contributed by atoms with Crippen molar-refractivity contribution in [2.45, 2.75) is 6.92 Å². The molecule has 5 heteroatoms. The Kier molecular flexibility index (Phi) is 1.92. The number of aromatic nitrogens is 4. The van der Waals surface area contributed by atoms with Crippen molar-refractivity contribution >= 4 is 5.95 Å². The van der Waals surface area contributed by atoms with Crippen LogP contribution in [0.5, 0.6) is 0 Å². The van der Waals surface area contributed by atoms with Crippen LogP contribution in [0, 0.1) is 6.92 Å². The van der Waals surface area contributed by atoms with Gasteiger partial charge in [0.1, 0.15) is 5.69 Å². The Morgan fingerprint density at radius 1 is 1.29 bits per heavy atom. The highest BCUT2D eigenvalue weighted by Gasteiger charge is 2.07. The van der Waals surface area contributed by atoms with Gasteiger partial charge in [-0.1, -0.05) is 6.07 Å². The minimum Gasteiger partial charge on any atom is -0.368 e. The number of nitrogen functional groups attached to an aromatic ring is 1. The highest BCUT2D eigenvalue weighted by molar-refractivity contribution is 5.50. The van der Waals surface area contributed by atoms with Crippen LogP contribution in [0.15, 0.2) is 18.2 Å². The summed E-state index contributed by atoms with van der Waals surface area (Å²) < 4.78 is 1.53. The van der Waals surface area contributed by atoms with Gasteiger partial charge in [0.25, 0.3) is 0 Å². The van der Waals surface area contributed by atoms with Gasteiger partial charge in [0.05, 0.1) is 0 Å². The van der Waals surface area contributed by atoms with Crippen LogP contribution in [-0.2, 0) is 7.05 Å². The van der Waals surface area contributed by atoms with Crippen LogP contribution in [0.4, 0.5) is 5.95 Å². The molecule has 2 aromatic heterocycles. The predicted molar refractivity (Wildman–Crippen MR) is 53.4 cm³/mol. The molecule has 2 rings (SSSR count). The molecular weight excluding hydrogens is 178 g/mol. The maximum atomic E-state index is 5.58. The lowest BCUT2D eigenvalue weighted by molar-refractivity contribution is 0.780. The Morgan fingerprint density at radius 3 is 2.64 bits per heavy atom. The van der Waals surface area contributed by atoms with Gasteiger partial charge in [-0.15, -0.1) is 5.10 Å². The summed E-state index contributed by atoms with van der Waals surface area (Å²) in [7, 11) is 1.75. The van der Waals surface area contributed by atoms with E-state index in [1.165, 1.54) is 4.68 Å². The fourth-order valence-corrected chi connectivity index (χ4v) is 1.17. The van der Waals surface area contributed by atoms with Crippen LogP contribution in [0.25, 0.3) is 11.5 Å². The van der Waals surface area contributed by atoms with Gasteiger partial charge >= 0.3 is 0 Å². The van der Waals surface area contributed by atoms with E-state index in [1.54, 1.807) is 7.05 Å². The summed E-state index contributed by atoms with van der Waals surface area (Å²) in [6.45, 7) is 1.93. The number of hydrogen-bond donors (Lipinski definition) is 1. The molecule has 0 atom stereocenters. The Hall–Kier alpha value is -1.91. The second-order valence-electron chi connectivity index (χ2n) is 3.08. The van der Waals surface area contributed by atoms with Crippen LogP contribution in [-0.4, -0.2) is 19.7 Å². The van der Waals surface area contributed by atoms with Gasteiger partial charge < -0.3 is 5.73 Å². The molecule has 2 heterocycles. The van der Waals surface area contributed by atoms with Gasteiger partial charge in [-0.2, -0.15) is 4.98 Å². The number of anilines is 1. The van der Waals surface area contributed by atoms with Crippen molar-refractivity contribution in [3.05, 3.63) is 23.9 Å². The first kappa shape index (κ1) is 8.68. The first-order valence-electron chi connectivity index (χ1n) is 4.27. The summed E-state index contributed by atoms with van der Waals surface area (Å²) in [5.41, 5.74) is 7.26. The lowest BCUT2D eigenvalue weighted by Gasteiger charge is -1.94. The lowest BCUT2D eigenvalue weighted by Crippen LogP contribution is -1.97. The van der Waals surface area contributed by atoms with E-state index in [4.69, 9.17) is 5.73 Å². The number of pyridine rings is 1. The molecule has 5 nitrogen and oxygen atoms in total. The van der Waals surface area contributed by atoms with E-state index in [9.17, 15) is 0 Å². The third-order valence-corrected chi connectivity index (χ3v) is 1.91. The number of hydrogen-bond acceptors (Lipinski definition) is 4. The molecule has 0 saturated heterocycles. The standard InChI is InChI=1S/C9H11N5/c1-6-4-3-5-7(11-6)8-12-9(10)14(2)13-8/h3-5H,1-2H3,(H2,10,12,13). The topological polar surface area (TPSA) is 69.6 Å². The highest BCUT2D eigenvalue weighted by atomic mass is 15.4. The molecule has 0 aliphatic carbocycles. The van der Waals surface area contributed by atoms with E-state index >= 15 is 0 Å². The number of nitrogens with zero attached hydrogens (tertiary/aromatic N) is 4. The minimum atomic E-state index is 0.392. The van der Waals surface area contributed by atoms with Crippen LogP contribution in [0.3, 0.4) is 0 Å². The molecule has 0 aliphatic rings. The van der Waals surface area contributed by atoms with Gasteiger partial charge in [0.15, 0.2) is 0 Å². The molecule has 0 unspecified atom stereocenters. The van der Waals surface area contributed by atoms with Gasteiger partial charge in [0, 0.05) is 12.7 Å². The molecule has 0 amide bonds. The van der Waals surface area contributed by atoms with Crippen LogP contribution in [0.2, 0.25) is 0 Å². The third-order valence-electron chi connectivity index (χ3n) is 1.91. The van der Waals surface area contributed by atoms with Crippen LogP contribution < -0.4 is 5.73 Å². The SMILES string of the molecule is Cc1cccc(-c2nc(N)n(C)n2)n1. The summed E-state index contributed by atoms with van der Waals surface area (Å²) in [5.74, 6) is 0.956. The molecule has 0 aliphatic heterocycles. The summed E-state index contributed by atoms with van der Waals surface area (Å²) in [6.07, 6.45) is 0. The third kappa shape index (κ3) is 1.44. The lowest BCUT2D eigenvalue weighted by atomic mass is 10.3. The smallest absolute Gasteiger partial charge is 0.218 e. The number of aryl methyl sites for hydroxylation is 2. The molecule has 72 valence electrons. The molecule has 0 radical (unpaired) electrons. The second kappa shape index (κ2) is 3.10. The quantitative estimate of drug-likeness (QED) is 0.719. The van der Waals surface area contributed by atoms with Gasteiger partial charge in [-0.05, 0) is 19.1 Å².